The summed E-state index contributed by atoms with van der Waals surface area (Å²) in [4.78, 5) is 0. The van der Waals surface area contributed by atoms with Crippen molar-refractivity contribution in [3.05, 3.63) is 57.0 Å². The van der Waals surface area contributed by atoms with E-state index in [1.165, 1.54) is 5.56 Å². The first kappa shape index (κ1) is 15.4. The van der Waals surface area contributed by atoms with Crippen molar-refractivity contribution in [3.8, 4) is 5.75 Å². The van der Waals surface area contributed by atoms with E-state index in [1.807, 2.05) is 18.2 Å². The van der Waals surface area contributed by atoms with Gasteiger partial charge in [0.05, 0.1) is 23.3 Å². The van der Waals surface area contributed by atoms with Gasteiger partial charge in [-0.25, -0.2) is 0 Å². The zero-order chi connectivity index (χ0) is 14.5. The number of benzene rings is 2. The summed E-state index contributed by atoms with van der Waals surface area (Å²) in [6, 6.07) is 14.7. The van der Waals surface area contributed by atoms with Crippen LogP contribution in [0.25, 0.3) is 0 Å². The molecule has 1 atom stereocenters. The molecule has 0 saturated carbocycles. The number of rotatable bonds is 5. The van der Waals surface area contributed by atoms with Crippen LogP contribution < -0.4 is 10.1 Å². The van der Waals surface area contributed by atoms with Crippen molar-refractivity contribution in [3.63, 3.8) is 0 Å². The molecule has 0 saturated heterocycles. The maximum Gasteiger partial charge on any atom is 0.135 e. The third kappa shape index (κ3) is 3.55. The van der Waals surface area contributed by atoms with Gasteiger partial charge in [-0.1, -0.05) is 37.3 Å². The molecule has 2 nitrogen and oxygen atoms in total. The summed E-state index contributed by atoms with van der Waals surface area (Å²) < 4.78 is 7.30. The minimum Gasteiger partial charge on any atom is -0.495 e. The number of halogens is 2. The summed E-state index contributed by atoms with van der Waals surface area (Å²) in [6.07, 6.45) is 1.01. The van der Waals surface area contributed by atoms with Crippen LogP contribution in [0.5, 0.6) is 5.75 Å². The molecular formula is C16H17Br2NO. The second kappa shape index (κ2) is 7.14. The van der Waals surface area contributed by atoms with Gasteiger partial charge in [0.15, 0.2) is 0 Å². The van der Waals surface area contributed by atoms with Gasteiger partial charge in [-0.3, -0.25) is 0 Å². The van der Waals surface area contributed by atoms with Crippen molar-refractivity contribution < 1.29 is 4.74 Å². The van der Waals surface area contributed by atoms with Gasteiger partial charge in [0, 0.05) is 10.5 Å². The fraction of sp³-hybridized carbons (Fsp3) is 0.250. The molecule has 0 aliphatic heterocycles. The van der Waals surface area contributed by atoms with Crippen LogP contribution in [-0.2, 0) is 0 Å². The zero-order valence-corrected chi connectivity index (χ0v) is 14.7. The van der Waals surface area contributed by atoms with E-state index < -0.39 is 0 Å². The molecule has 0 fully saturated rings. The summed E-state index contributed by atoms with van der Waals surface area (Å²) in [5, 5.41) is 3.57. The van der Waals surface area contributed by atoms with Crippen LogP contribution in [0.3, 0.4) is 0 Å². The molecule has 2 rings (SSSR count). The SMILES string of the molecule is CCC(Nc1cc(OC)c(Br)cc1Br)c1ccccc1. The van der Waals surface area contributed by atoms with E-state index in [2.05, 4.69) is 68.4 Å². The lowest BCUT2D eigenvalue weighted by Crippen LogP contribution is -2.10. The van der Waals surface area contributed by atoms with E-state index in [9.17, 15) is 0 Å². The minimum atomic E-state index is 0.276. The fourth-order valence-corrected chi connectivity index (χ4v) is 3.36. The largest absolute Gasteiger partial charge is 0.495 e. The highest BCUT2D eigenvalue weighted by molar-refractivity contribution is 9.11. The van der Waals surface area contributed by atoms with E-state index in [4.69, 9.17) is 4.74 Å². The Morgan fingerprint density at radius 2 is 1.80 bits per heavy atom. The summed E-state index contributed by atoms with van der Waals surface area (Å²) >= 11 is 7.08. The third-order valence-corrected chi connectivity index (χ3v) is 4.46. The van der Waals surface area contributed by atoms with Gasteiger partial charge in [-0.15, -0.1) is 0 Å². The normalized spacial score (nSPS) is 12.0. The van der Waals surface area contributed by atoms with Crippen molar-refractivity contribution >= 4 is 37.5 Å². The van der Waals surface area contributed by atoms with Crippen LogP contribution in [0.4, 0.5) is 5.69 Å². The molecule has 20 heavy (non-hydrogen) atoms. The molecule has 0 radical (unpaired) electrons. The molecule has 0 heterocycles. The van der Waals surface area contributed by atoms with Crippen LogP contribution in [0.15, 0.2) is 51.4 Å². The molecule has 4 heteroatoms. The minimum absolute atomic E-state index is 0.276. The molecule has 0 amide bonds. The Balaban J connectivity index is 2.28. The predicted octanol–water partition coefficient (Wildman–Crippen LogP) is 5.78. The quantitative estimate of drug-likeness (QED) is 0.688. The van der Waals surface area contributed by atoms with Crippen LogP contribution >= 0.6 is 31.9 Å². The third-order valence-electron chi connectivity index (χ3n) is 3.18. The van der Waals surface area contributed by atoms with E-state index in [0.29, 0.717) is 0 Å². The molecule has 0 aliphatic rings. The average Bonchev–Trinajstić information content (AvgIpc) is 2.47. The maximum absolute atomic E-state index is 5.35. The van der Waals surface area contributed by atoms with Gasteiger partial charge < -0.3 is 10.1 Å². The Morgan fingerprint density at radius 3 is 2.40 bits per heavy atom. The van der Waals surface area contributed by atoms with Crippen LogP contribution in [0, 0.1) is 0 Å². The first-order valence-electron chi connectivity index (χ1n) is 6.50. The topological polar surface area (TPSA) is 21.3 Å². The van der Waals surface area contributed by atoms with E-state index >= 15 is 0 Å². The van der Waals surface area contributed by atoms with Crippen molar-refractivity contribution in [1.29, 1.82) is 0 Å². The predicted molar refractivity (Wildman–Crippen MR) is 91.5 cm³/mol. The van der Waals surface area contributed by atoms with Crippen LogP contribution in [0.1, 0.15) is 24.9 Å². The summed E-state index contributed by atoms with van der Waals surface area (Å²) in [7, 11) is 1.67. The van der Waals surface area contributed by atoms with Crippen LogP contribution in [-0.4, -0.2) is 7.11 Å². The maximum atomic E-state index is 5.35. The van der Waals surface area contributed by atoms with Crippen molar-refractivity contribution in [2.75, 3.05) is 12.4 Å². The van der Waals surface area contributed by atoms with E-state index in [0.717, 1.165) is 26.8 Å². The average molecular weight is 399 g/mol. The van der Waals surface area contributed by atoms with Crippen molar-refractivity contribution in [2.45, 2.75) is 19.4 Å². The summed E-state index contributed by atoms with van der Waals surface area (Å²) in [6.45, 7) is 2.18. The van der Waals surface area contributed by atoms with Gasteiger partial charge in [0.2, 0.25) is 0 Å². The summed E-state index contributed by atoms with van der Waals surface area (Å²) in [5.74, 6) is 0.818. The number of ether oxygens (including phenoxy) is 1. The van der Waals surface area contributed by atoms with Gasteiger partial charge in [0.1, 0.15) is 5.75 Å². The number of nitrogens with one attached hydrogen (secondary N) is 1. The number of hydrogen-bond acceptors (Lipinski definition) is 2. The first-order valence-corrected chi connectivity index (χ1v) is 8.08. The Bertz CT molecular complexity index is 572. The lowest BCUT2D eigenvalue weighted by atomic mass is 10.0. The number of hydrogen-bond donors (Lipinski definition) is 1. The zero-order valence-electron chi connectivity index (χ0n) is 11.5. The molecule has 0 aliphatic carbocycles. The molecular weight excluding hydrogens is 382 g/mol. The monoisotopic (exact) mass is 397 g/mol. The van der Waals surface area contributed by atoms with E-state index in [-0.39, 0.29) is 6.04 Å². The Hall–Kier alpha value is -1.00. The number of anilines is 1. The first-order chi connectivity index (χ1) is 9.65. The molecule has 0 bridgehead atoms. The molecule has 2 aromatic rings. The highest BCUT2D eigenvalue weighted by Gasteiger charge is 2.12. The standard InChI is InChI=1S/C16H17Br2NO/c1-3-14(11-7-5-4-6-8-11)19-15-10-16(20-2)13(18)9-12(15)17/h4-10,14,19H,3H2,1-2H3. The molecule has 106 valence electrons. The van der Waals surface area contributed by atoms with Crippen molar-refractivity contribution in [1.82, 2.24) is 0 Å². The van der Waals surface area contributed by atoms with Gasteiger partial charge in [-0.2, -0.15) is 0 Å². The molecule has 1 unspecified atom stereocenters. The van der Waals surface area contributed by atoms with Crippen LogP contribution in [0.2, 0.25) is 0 Å². The second-order valence-corrected chi connectivity index (χ2v) is 6.19. The van der Waals surface area contributed by atoms with Crippen molar-refractivity contribution in [2.24, 2.45) is 0 Å². The lowest BCUT2D eigenvalue weighted by molar-refractivity contribution is 0.412. The fourth-order valence-electron chi connectivity index (χ4n) is 2.09. The van der Waals surface area contributed by atoms with Gasteiger partial charge in [0.25, 0.3) is 0 Å². The van der Waals surface area contributed by atoms with E-state index in [1.54, 1.807) is 7.11 Å². The Kier molecular flexibility index (Phi) is 5.49. The molecule has 0 spiro atoms. The van der Waals surface area contributed by atoms with Gasteiger partial charge in [-0.05, 0) is 49.9 Å². The highest BCUT2D eigenvalue weighted by Crippen LogP contribution is 2.36. The molecule has 1 N–H and O–H groups in total. The smallest absolute Gasteiger partial charge is 0.135 e. The van der Waals surface area contributed by atoms with Gasteiger partial charge >= 0.3 is 0 Å². The molecule has 2 aromatic carbocycles. The molecule has 0 aromatic heterocycles. The Labute approximate surface area is 136 Å². The summed E-state index contributed by atoms with van der Waals surface area (Å²) in [5.41, 5.74) is 2.31. The highest BCUT2D eigenvalue weighted by atomic mass is 79.9. The Morgan fingerprint density at radius 1 is 1.10 bits per heavy atom. The second-order valence-electron chi connectivity index (χ2n) is 4.48. The number of methoxy groups -OCH3 is 1. The lowest BCUT2D eigenvalue weighted by Gasteiger charge is -2.20.